The zero-order chi connectivity index (χ0) is 11.7. The van der Waals surface area contributed by atoms with Crippen LogP contribution >= 0.6 is 0 Å². The van der Waals surface area contributed by atoms with Crippen LogP contribution in [0.3, 0.4) is 0 Å². The zero-order valence-corrected chi connectivity index (χ0v) is 9.66. The first-order valence-corrected chi connectivity index (χ1v) is 6.15. The molecule has 2 aliphatic rings. The first-order chi connectivity index (χ1) is 8.29. The third kappa shape index (κ3) is 2.58. The molecule has 0 spiro atoms. The van der Waals surface area contributed by atoms with Crippen molar-refractivity contribution in [3.05, 3.63) is 30.1 Å². The highest BCUT2D eigenvalue weighted by atomic mass is 19.1. The number of halogens is 1. The minimum Gasteiger partial charge on any atom is -0.382 e. The van der Waals surface area contributed by atoms with Gasteiger partial charge in [-0.15, -0.1) is 0 Å². The van der Waals surface area contributed by atoms with Crippen molar-refractivity contribution >= 4 is 5.69 Å². The van der Waals surface area contributed by atoms with E-state index in [0.29, 0.717) is 18.1 Å². The van der Waals surface area contributed by atoms with E-state index in [9.17, 15) is 4.39 Å². The number of anilines is 1. The van der Waals surface area contributed by atoms with E-state index in [1.165, 1.54) is 12.1 Å². The highest BCUT2D eigenvalue weighted by molar-refractivity contribution is 5.44. The van der Waals surface area contributed by atoms with Crippen molar-refractivity contribution in [2.24, 2.45) is 0 Å². The van der Waals surface area contributed by atoms with E-state index in [1.54, 1.807) is 12.1 Å². The third-order valence-electron chi connectivity index (χ3n) is 3.46. The summed E-state index contributed by atoms with van der Waals surface area (Å²) in [5, 5.41) is 7.03. The summed E-state index contributed by atoms with van der Waals surface area (Å²) >= 11 is 0. The molecule has 3 rings (SSSR count). The van der Waals surface area contributed by atoms with Crippen LogP contribution in [0.5, 0.6) is 0 Å². The summed E-state index contributed by atoms with van der Waals surface area (Å²) in [4.78, 5) is 0. The summed E-state index contributed by atoms with van der Waals surface area (Å²) in [6.07, 6.45) is 2.13. The first-order valence-electron chi connectivity index (χ1n) is 6.15. The smallest absolute Gasteiger partial charge is 0.123 e. The summed E-state index contributed by atoms with van der Waals surface area (Å²) in [6, 6.07) is 7.95. The van der Waals surface area contributed by atoms with Crippen LogP contribution in [0.1, 0.15) is 12.8 Å². The SMILES string of the molecule is Fc1ccc(N[C@H]2C[C@H]3COC[C@@H](C2)N3)cc1. The molecule has 2 N–H and O–H groups in total. The summed E-state index contributed by atoms with van der Waals surface area (Å²) in [6.45, 7) is 1.61. The number of fused-ring (bicyclic) bond motifs is 2. The average molecular weight is 236 g/mol. The molecule has 2 saturated heterocycles. The second kappa shape index (κ2) is 4.63. The van der Waals surface area contributed by atoms with Gasteiger partial charge in [0.2, 0.25) is 0 Å². The molecule has 1 aromatic carbocycles. The first kappa shape index (κ1) is 11.0. The lowest BCUT2D eigenvalue weighted by molar-refractivity contribution is 0.0207. The fourth-order valence-electron chi connectivity index (χ4n) is 2.74. The number of ether oxygens (including phenoxy) is 1. The van der Waals surface area contributed by atoms with Crippen molar-refractivity contribution in [1.82, 2.24) is 5.32 Å². The lowest BCUT2D eigenvalue weighted by atomic mass is 9.92. The largest absolute Gasteiger partial charge is 0.382 e. The van der Waals surface area contributed by atoms with Crippen LogP contribution in [0, 0.1) is 5.82 Å². The maximum absolute atomic E-state index is 12.8. The molecule has 0 aliphatic carbocycles. The molecule has 2 bridgehead atoms. The number of nitrogens with one attached hydrogen (secondary N) is 2. The molecule has 3 nitrogen and oxygen atoms in total. The standard InChI is InChI=1S/C13H17FN2O/c14-9-1-3-10(4-2-9)15-11-5-12-7-17-8-13(6-11)16-12/h1-4,11-13,15-16H,5-8H2/t11-,12-,13+. The number of piperidine rings is 1. The Morgan fingerprint density at radius 1 is 1.12 bits per heavy atom. The predicted octanol–water partition coefficient (Wildman–Crippen LogP) is 1.76. The second-order valence-electron chi connectivity index (χ2n) is 4.92. The zero-order valence-electron chi connectivity index (χ0n) is 9.66. The Labute approximate surface area is 100 Å². The van der Waals surface area contributed by atoms with Crippen molar-refractivity contribution in [3.8, 4) is 0 Å². The van der Waals surface area contributed by atoms with Gasteiger partial charge in [-0.05, 0) is 37.1 Å². The van der Waals surface area contributed by atoms with Gasteiger partial charge in [0.05, 0.1) is 13.2 Å². The van der Waals surface area contributed by atoms with Gasteiger partial charge in [-0.2, -0.15) is 0 Å². The predicted molar refractivity (Wildman–Crippen MR) is 64.6 cm³/mol. The summed E-state index contributed by atoms with van der Waals surface area (Å²) in [5.74, 6) is -0.189. The lowest BCUT2D eigenvalue weighted by Gasteiger charge is -2.40. The molecule has 3 atom stereocenters. The number of hydrogen-bond donors (Lipinski definition) is 2. The van der Waals surface area contributed by atoms with Gasteiger partial charge in [-0.1, -0.05) is 0 Å². The van der Waals surface area contributed by atoms with Gasteiger partial charge in [0.15, 0.2) is 0 Å². The van der Waals surface area contributed by atoms with Crippen LogP contribution in [0.2, 0.25) is 0 Å². The highest BCUT2D eigenvalue weighted by Gasteiger charge is 2.31. The Kier molecular flexibility index (Phi) is 2.99. The van der Waals surface area contributed by atoms with Crippen molar-refractivity contribution in [2.75, 3.05) is 18.5 Å². The Hall–Kier alpha value is -1.13. The molecular formula is C13H17FN2O. The van der Waals surface area contributed by atoms with Gasteiger partial charge in [0.25, 0.3) is 0 Å². The molecule has 2 heterocycles. The van der Waals surface area contributed by atoms with Gasteiger partial charge in [-0.25, -0.2) is 4.39 Å². The number of rotatable bonds is 2. The molecule has 2 fully saturated rings. The van der Waals surface area contributed by atoms with Gasteiger partial charge >= 0.3 is 0 Å². The minimum atomic E-state index is -0.189. The molecule has 0 saturated carbocycles. The molecule has 4 heteroatoms. The monoisotopic (exact) mass is 236 g/mol. The normalized spacial score (nSPS) is 32.2. The van der Waals surface area contributed by atoms with Crippen molar-refractivity contribution in [2.45, 2.75) is 31.0 Å². The van der Waals surface area contributed by atoms with Crippen molar-refractivity contribution in [1.29, 1.82) is 0 Å². The fraction of sp³-hybridized carbons (Fsp3) is 0.538. The van der Waals surface area contributed by atoms with E-state index < -0.39 is 0 Å². The molecule has 17 heavy (non-hydrogen) atoms. The van der Waals surface area contributed by atoms with E-state index in [0.717, 1.165) is 31.7 Å². The molecule has 92 valence electrons. The van der Waals surface area contributed by atoms with Crippen LogP contribution in [0.15, 0.2) is 24.3 Å². The number of benzene rings is 1. The van der Waals surface area contributed by atoms with E-state index in [-0.39, 0.29) is 5.82 Å². The summed E-state index contributed by atoms with van der Waals surface area (Å²) < 4.78 is 18.3. The molecule has 0 aromatic heterocycles. The third-order valence-corrected chi connectivity index (χ3v) is 3.46. The van der Waals surface area contributed by atoms with Gasteiger partial charge in [0, 0.05) is 23.8 Å². The van der Waals surface area contributed by atoms with E-state index in [2.05, 4.69) is 10.6 Å². The quantitative estimate of drug-likeness (QED) is 0.821. The van der Waals surface area contributed by atoms with Crippen LogP contribution in [0.25, 0.3) is 0 Å². The summed E-state index contributed by atoms with van der Waals surface area (Å²) in [7, 11) is 0. The fourth-order valence-corrected chi connectivity index (χ4v) is 2.74. The Morgan fingerprint density at radius 2 is 1.76 bits per heavy atom. The maximum Gasteiger partial charge on any atom is 0.123 e. The van der Waals surface area contributed by atoms with Crippen LogP contribution in [0.4, 0.5) is 10.1 Å². The van der Waals surface area contributed by atoms with E-state index in [4.69, 9.17) is 4.74 Å². The maximum atomic E-state index is 12.8. The van der Waals surface area contributed by atoms with Crippen LogP contribution in [-0.4, -0.2) is 31.3 Å². The molecule has 1 aromatic rings. The van der Waals surface area contributed by atoms with Gasteiger partial charge < -0.3 is 15.4 Å². The highest BCUT2D eigenvalue weighted by Crippen LogP contribution is 2.22. The Morgan fingerprint density at radius 3 is 2.41 bits per heavy atom. The molecule has 0 unspecified atom stereocenters. The van der Waals surface area contributed by atoms with E-state index in [1.807, 2.05) is 0 Å². The molecule has 2 aliphatic heterocycles. The molecule has 0 amide bonds. The topological polar surface area (TPSA) is 33.3 Å². The van der Waals surface area contributed by atoms with E-state index >= 15 is 0 Å². The molecule has 0 radical (unpaired) electrons. The summed E-state index contributed by atoms with van der Waals surface area (Å²) in [5.41, 5.74) is 0.997. The second-order valence-corrected chi connectivity index (χ2v) is 4.92. The van der Waals surface area contributed by atoms with Crippen molar-refractivity contribution in [3.63, 3.8) is 0 Å². The van der Waals surface area contributed by atoms with Gasteiger partial charge in [0.1, 0.15) is 5.82 Å². The Balaban J connectivity index is 1.63. The van der Waals surface area contributed by atoms with Crippen LogP contribution < -0.4 is 10.6 Å². The minimum absolute atomic E-state index is 0.189. The number of hydrogen-bond acceptors (Lipinski definition) is 3. The number of morpholine rings is 1. The van der Waals surface area contributed by atoms with Crippen LogP contribution in [-0.2, 0) is 4.74 Å². The lowest BCUT2D eigenvalue weighted by Crippen LogP contribution is -2.56. The molecular weight excluding hydrogens is 219 g/mol. The van der Waals surface area contributed by atoms with Gasteiger partial charge in [-0.3, -0.25) is 0 Å². The average Bonchev–Trinajstić information content (AvgIpc) is 2.32. The van der Waals surface area contributed by atoms with Crippen molar-refractivity contribution < 1.29 is 9.13 Å². The Bertz CT molecular complexity index is 370.